The Morgan fingerprint density at radius 3 is 1.66 bits per heavy atom. The van der Waals surface area contributed by atoms with Gasteiger partial charge in [0.05, 0.1) is 11.1 Å². The van der Waals surface area contributed by atoms with Crippen molar-refractivity contribution in [2.75, 3.05) is 0 Å². The lowest BCUT2D eigenvalue weighted by Gasteiger charge is -2.34. The molecule has 0 heterocycles. The molecule has 44 heavy (non-hydrogen) atoms. The predicted molar refractivity (Wildman–Crippen MR) is 169 cm³/mol. The van der Waals surface area contributed by atoms with E-state index in [9.17, 15) is 14.4 Å². The average molecular weight is 601 g/mol. The average Bonchev–Trinajstić information content (AvgIpc) is 2.92. The number of carbonyl (C=O) groups excluding carboxylic acids is 3. The quantitative estimate of drug-likeness (QED) is 0.117. The van der Waals surface area contributed by atoms with Crippen LogP contribution in [0.3, 0.4) is 0 Å². The minimum atomic E-state index is -0.776. The lowest BCUT2D eigenvalue weighted by Crippen LogP contribution is -2.40. The fraction of sp³-hybridized carbons (Fsp3) is 0.306. The van der Waals surface area contributed by atoms with Gasteiger partial charge in [0.15, 0.2) is 0 Å². The Morgan fingerprint density at radius 2 is 1.16 bits per heavy atom. The molecule has 0 saturated heterocycles. The van der Waals surface area contributed by atoms with Gasteiger partial charge in [-0.2, -0.15) is 0 Å². The third-order valence-corrected chi connectivity index (χ3v) is 6.01. The van der Waals surface area contributed by atoms with Crippen LogP contribution < -0.4 is 18.9 Å². The lowest BCUT2D eigenvalue weighted by molar-refractivity contribution is -0.154. The zero-order valence-corrected chi connectivity index (χ0v) is 26.4. The molecule has 3 rings (SSSR count). The predicted octanol–water partition coefficient (Wildman–Crippen LogP) is 8.00. The monoisotopic (exact) mass is 600 g/mol. The first-order chi connectivity index (χ1) is 20.5. The Hall–Kier alpha value is -4.85. The van der Waals surface area contributed by atoms with E-state index in [0.717, 1.165) is 6.08 Å². The number of hydrogen-bond acceptors (Lipinski definition) is 8. The fourth-order valence-corrected chi connectivity index (χ4v) is 4.57. The summed E-state index contributed by atoms with van der Waals surface area (Å²) in [5.74, 6) is 0.0759. The van der Waals surface area contributed by atoms with E-state index < -0.39 is 29.1 Å². The van der Waals surface area contributed by atoms with E-state index >= 15 is 0 Å². The van der Waals surface area contributed by atoms with Crippen molar-refractivity contribution in [2.24, 2.45) is 0 Å². The normalized spacial score (nSPS) is 11.6. The van der Waals surface area contributed by atoms with Gasteiger partial charge in [0.25, 0.3) is 0 Å². The Balaban J connectivity index is 1.63. The maximum absolute atomic E-state index is 12.9. The lowest BCUT2D eigenvalue weighted by atomic mass is 9.92. The van der Waals surface area contributed by atoms with Gasteiger partial charge in [-0.05, 0) is 115 Å². The Morgan fingerprint density at radius 1 is 0.659 bits per heavy atom. The molecular formula is C36H40O8. The molecule has 0 bridgehead atoms. The molecule has 0 saturated carbocycles. The second-order valence-corrected chi connectivity index (χ2v) is 12.4. The molecule has 0 spiro atoms. The molecule has 0 atom stereocenters. The van der Waals surface area contributed by atoms with Crippen LogP contribution in [0.1, 0.15) is 81.2 Å². The van der Waals surface area contributed by atoms with Gasteiger partial charge in [0, 0.05) is 18.1 Å². The van der Waals surface area contributed by atoms with Gasteiger partial charge in [0.2, 0.25) is 0 Å². The summed E-state index contributed by atoms with van der Waals surface area (Å²) < 4.78 is 28.5. The van der Waals surface area contributed by atoms with E-state index in [0.29, 0.717) is 34.6 Å². The van der Waals surface area contributed by atoms with Crippen molar-refractivity contribution in [3.05, 3.63) is 103 Å². The first-order valence-corrected chi connectivity index (χ1v) is 14.1. The van der Waals surface area contributed by atoms with Gasteiger partial charge in [-0.15, -0.1) is 0 Å². The summed E-state index contributed by atoms with van der Waals surface area (Å²) in [5, 5.41) is 0. The second-order valence-electron chi connectivity index (χ2n) is 12.4. The third kappa shape index (κ3) is 10.2. The number of hydrogen-bond donors (Lipinski definition) is 0. The number of rotatable bonds is 12. The highest BCUT2D eigenvalue weighted by molar-refractivity contribution is 5.92. The molecule has 0 aromatic heterocycles. The van der Waals surface area contributed by atoms with Crippen molar-refractivity contribution in [3.63, 3.8) is 0 Å². The SMILES string of the molecule is C=CC(=O)OC(C)(C)CC(C)(C)Oc1ccc(C(=O)Oc2ccc(OC(=O)c3ccc(OC(C)(C)C)cc3)cc2C=C)cc1. The summed E-state index contributed by atoms with van der Waals surface area (Å²) in [4.78, 5) is 37.2. The van der Waals surface area contributed by atoms with Crippen LogP contribution in [0.15, 0.2) is 86.0 Å². The fourth-order valence-electron chi connectivity index (χ4n) is 4.57. The van der Waals surface area contributed by atoms with Gasteiger partial charge in [-0.1, -0.05) is 19.2 Å². The maximum atomic E-state index is 12.9. The standard InChI is InChI=1S/C36H40O8/c1-10-24-22-29(40-32(38)25-12-16-27(17-13-25)42-34(3,4)5)20-21-30(24)41-33(39)26-14-18-28(19-15-26)43-35(6,7)23-36(8,9)44-31(37)11-2/h10-22H,1-2,23H2,3-9H3. The van der Waals surface area contributed by atoms with Gasteiger partial charge in [-0.3, -0.25) is 0 Å². The number of ether oxygens (including phenoxy) is 5. The molecule has 0 aliphatic rings. The van der Waals surface area contributed by atoms with Gasteiger partial charge in [-0.25, -0.2) is 14.4 Å². The number of benzene rings is 3. The highest BCUT2D eigenvalue weighted by atomic mass is 16.6. The molecule has 232 valence electrons. The highest BCUT2D eigenvalue weighted by Crippen LogP contribution is 2.30. The van der Waals surface area contributed by atoms with Crippen molar-refractivity contribution >= 4 is 24.0 Å². The largest absolute Gasteiger partial charge is 0.488 e. The zero-order chi connectivity index (χ0) is 32.7. The van der Waals surface area contributed by atoms with Gasteiger partial charge < -0.3 is 23.7 Å². The summed E-state index contributed by atoms with van der Waals surface area (Å²) in [6.45, 7) is 20.4. The van der Waals surface area contributed by atoms with Crippen LogP contribution in [-0.4, -0.2) is 34.7 Å². The third-order valence-electron chi connectivity index (χ3n) is 6.01. The Bertz CT molecular complexity index is 1510. The van der Waals surface area contributed by atoms with E-state index in [1.54, 1.807) is 74.5 Å². The summed E-state index contributed by atoms with van der Waals surface area (Å²) in [6, 6.07) is 17.9. The summed E-state index contributed by atoms with van der Waals surface area (Å²) in [7, 11) is 0. The molecule has 0 N–H and O–H groups in total. The van der Waals surface area contributed by atoms with E-state index in [2.05, 4.69) is 13.2 Å². The van der Waals surface area contributed by atoms with Crippen molar-refractivity contribution in [3.8, 4) is 23.0 Å². The van der Waals surface area contributed by atoms with Crippen LogP contribution in [0.5, 0.6) is 23.0 Å². The molecule has 0 unspecified atom stereocenters. The molecule has 8 heteroatoms. The van der Waals surface area contributed by atoms with Crippen molar-refractivity contribution in [1.82, 2.24) is 0 Å². The molecule has 0 fully saturated rings. The van der Waals surface area contributed by atoms with Crippen LogP contribution in [0.25, 0.3) is 6.08 Å². The summed E-state index contributed by atoms with van der Waals surface area (Å²) in [6.07, 6.45) is 3.04. The minimum Gasteiger partial charge on any atom is -0.488 e. The van der Waals surface area contributed by atoms with Crippen LogP contribution in [0.2, 0.25) is 0 Å². The van der Waals surface area contributed by atoms with Gasteiger partial charge in [0.1, 0.15) is 39.8 Å². The van der Waals surface area contributed by atoms with Crippen LogP contribution in [0.4, 0.5) is 0 Å². The molecule has 3 aromatic carbocycles. The van der Waals surface area contributed by atoms with Crippen LogP contribution in [-0.2, 0) is 9.53 Å². The van der Waals surface area contributed by atoms with Crippen LogP contribution >= 0.6 is 0 Å². The molecule has 0 aliphatic carbocycles. The molecule has 3 aromatic rings. The van der Waals surface area contributed by atoms with Crippen molar-refractivity contribution in [2.45, 2.75) is 71.7 Å². The van der Waals surface area contributed by atoms with Gasteiger partial charge >= 0.3 is 17.9 Å². The van der Waals surface area contributed by atoms with E-state index in [1.807, 2.05) is 34.6 Å². The minimum absolute atomic E-state index is 0.256. The maximum Gasteiger partial charge on any atom is 0.343 e. The highest BCUT2D eigenvalue weighted by Gasteiger charge is 2.33. The molecular weight excluding hydrogens is 560 g/mol. The molecule has 0 aliphatic heterocycles. The van der Waals surface area contributed by atoms with E-state index in [1.165, 1.54) is 12.1 Å². The smallest absolute Gasteiger partial charge is 0.343 e. The van der Waals surface area contributed by atoms with Crippen molar-refractivity contribution in [1.29, 1.82) is 0 Å². The summed E-state index contributed by atoms with van der Waals surface area (Å²) >= 11 is 0. The first-order valence-electron chi connectivity index (χ1n) is 14.1. The van der Waals surface area contributed by atoms with Crippen molar-refractivity contribution < 1.29 is 38.1 Å². The zero-order valence-electron chi connectivity index (χ0n) is 26.4. The summed E-state index contributed by atoms with van der Waals surface area (Å²) in [5.41, 5.74) is -0.674. The Labute approximate surface area is 259 Å². The van der Waals surface area contributed by atoms with E-state index in [4.69, 9.17) is 23.7 Å². The molecule has 8 nitrogen and oxygen atoms in total. The van der Waals surface area contributed by atoms with Crippen LogP contribution in [0, 0.1) is 0 Å². The second kappa shape index (κ2) is 13.6. The first kappa shape index (κ1) is 33.6. The molecule has 0 amide bonds. The Kier molecular flexibility index (Phi) is 10.4. The topological polar surface area (TPSA) is 97.4 Å². The number of esters is 3. The molecule has 0 radical (unpaired) electrons. The van der Waals surface area contributed by atoms with E-state index in [-0.39, 0.29) is 17.1 Å². The number of carbonyl (C=O) groups is 3.